The minimum absolute atomic E-state index is 0.281. The van der Waals surface area contributed by atoms with Crippen LogP contribution in [-0.4, -0.2) is 41.1 Å². The van der Waals surface area contributed by atoms with Crippen molar-refractivity contribution in [1.29, 1.82) is 0 Å². The van der Waals surface area contributed by atoms with E-state index >= 15 is 0 Å². The molecule has 1 amide bonds. The second kappa shape index (κ2) is 6.65. The maximum absolute atomic E-state index is 11.0. The lowest BCUT2D eigenvalue weighted by Gasteiger charge is -2.14. The maximum atomic E-state index is 11.0. The van der Waals surface area contributed by atoms with Crippen LogP contribution in [0.25, 0.3) is 0 Å². The number of carboxylic acids is 1. The van der Waals surface area contributed by atoms with E-state index in [4.69, 9.17) is 9.84 Å². The van der Waals surface area contributed by atoms with Crippen molar-refractivity contribution in [3.63, 3.8) is 0 Å². The smallest absolute Gasteiger partial charge is 0.327 e. The topological polar surface area (TPSA) is 75.6 Å². The van der Waals surface area contributed by atoms with Crippen LogP contribution in [-0.2, 0) is 9.59 Å². The molecule has 0 aromatic heterocycles. The highest BCUT2D eigenvalue weighted by atomic mass is 32.2. The van der Waals surface area contributed by atoms with Gasteiger partial charge in [0.1, 0.15) is 11.8 Å². The number of aliphatic carboxylic acids is 1. The molecule has 108 valence electrons. The van der Waals surface area contributed by atoms with Gasteiger partial charge in [-0.2, -0.15) is 11.8 Å². The Morgan fingerprint density at radius 2 is 2.25 bits per heavy atom. The number of carbonyl (C=O) groups is 2. The molecule has 0 bridgehead atoms. The van der Waals surface area contributed by atoms with Crippen LogP contribution >= 0.6 is 11.8 Å². The van der Waals surface area contributed by atoms with Gasteiger partial charge in [0.25, 0.3) is 0 Å². The Balaban J connectivity index is 1.84. The van der Waals surface area contributed by atoms with Gasteiger partial charge in [-0.05, 0) is 6.07 Å². The first-order valence-electron chi connectivity index (χ1n) is 6.37. The summed E-state index contributed by atoms with van der Waals surface area (Å²) in [5.41, 5.74) is 1.17. The molecule has 2 unspecified atom stereocenters. The molecule has 0 aliphatic carbocycles. The predicted molar refractivity (Wildman–Crippen MR) is 77.2 cm³/mol. The zero-order valence-corrected chi connectivity index (χ0v) is 12.0. The van der Waals surface area contributed by atoms with Gasteiger partial charge in [0.2, 0.25) is 5.91 Å². The number of fused-ring (bicyclic) bond motifs is 1. The molecule has 0 radical (unpaired) electrons. The highest BCUT2D eigenvalue weighted by Crippen LogP contribution is 2.35. The Bertz CT molecular complexity index is 506. The van der Waals surface area contributed by atoms with Gasteiger partial charge < -0.3 is 15.2 Å². The van der Waals surface area contributed by atoms with E-state index < -0.39 is 12.0 Å². The lowest BCUT2D eigenvalue weighted by molar-refractivity contribution is -0.140. The fourth-order valence-electron chi connectivity index (χ4n) is 2.12. The first-order chi connectivity index (χ1) is 9.58. The summed E-state index contributed by atoms with van der Waals surface area (Å²) in [5, 5.41) is 11.5. The molecule has 0 fully saturated rings. The van der Waals surface area contributed by atoms with Gasteiger partial charge >= 0.3 is 5.97 Å². The van der Waals surface area contributed by atoms with Gasteiger partial charge in [-0.25, -0.2) is 4.79 Å². The Hall–Kier alpha value is -1.69. The fraction of sp³-hybridized carbons (Fsp3) is 0.429. The Morgan fingerprint density at radius 1 is 1.50 bits per heavy atom. The molecule has 1 heterocycles. The second-order valence-electron chi connectivity index (χ2n) is 4.67. The molecule has 0 spiro atoms. The van der Waals surface area contributed by atoms with E-state index in [1.54, 1.807) is 0 Å². The SMILES string of the molecule is CC(=O)NC(CSCC1COc2ccccc21)C(=O)O. The zero-order valence-electron chi connectivity index (χ0n) is 11.2. The minimum atomic E-state index is -1.00. The van der Waals surface area contributed by atoms with Crippen molar-refractivity contribution in [2.45, 2.75) is 18.9 Å². The van der Waals surface area contributed by atoms with Crippen LogP contribution in [0.1, 0.15) is 18.4 Å². The fourth-order valence-corrected chi connectivity index (χ4v) is 3.27. The molecule has 1 aliphatic heterocycles. The highest BCUT2D eigenvalue weighted by Gasteiger charge is 2.25. The average molecular weight is 295 g/mol. The number of benzene rings is 1. The van der Waals surface area contributed by atoms with Gasteiger partial charge in [0.05, 0.1) is 6.61 Å². The van der Waals surface area contributed by atoms with E-state index in [2.05, 4.69) is 5.32 Å². The molecule has 20 heavy (non-hydrogen) atoms. The van der Waals surface area contributed by atoms with E-state index in [-0.39, 0.29) is 11.8 Å². The summed E-state index contributed by atoms with van der Waals surface area (Å²) in [7, 11) is 0. The highest BCUT2D eigenvalue weighted by molar-refractivity contribution is 7.99. The molecule has 2 rings (SSSR count). The molecule has 1 aromatic rings. The summed E-state index contributed by atoms with van der Waals surface area (Å²) >= 11 is 1.52. The third kappa shape index (κ3) is 3.66. The number of carbonyl (C=O) groups excluding carboxylic acids is 1. The van der Waals surface area contributed by atoms with Gasteiger partial charge in [0.15, 0.2) is 0 Å². The van der Waals surface area contributed by atoms with Crippen molar-refractivity contribution < 1.29 is 19.4 Å². The predicted octanol–water partition coefficient (Wildman–Crippen LogP) is 1.49. The van der Waals surface area contributed by atoms with Crippen molar-refractivity contribution in [1.82, 2.24) is 5.32 Å². The molecule has 0 saturated heterocycles. The van der Waals surface area contributed by atoms with E-state index in [1.807, 2.05) is 24.3 Å². The van der Waals surface area contributed by atoms with Gasteiger partial charge in [-0.15, -0.1) is 0 Å². The molecule has 0 saturated carbocycles. The largest absolute Gasteiger partial charge is 0.493 e. The number of thioether (sulfide) groups is 1. The monoisotopic (exact) mass is 295 g/mol. The average Bonchev–Trinajstić information content (AvgIpc) is 2.80. The van der Waals surface area contributed by atoms with Gasteiger partial charge in [-0.3, -0.25) is 4.79 Å². The number of hydrogen-bond acceptors (Lipinski definition) is 4. The molecule has 6 heteroatoms. The van der Waals surface area contributed by atoms with Crippen molar-refractivity contribution in [3.05, 3.63) is 29.8 Å². The van der Waals surface area contributed by atoms with Gasteiger partial charge in [0, 0.05) is 29.9 Å². The quantitative estimate of drug-likeness (QED) is 0.831. The van der Waals surface area contributed by atoms with Crippen LogP contribution in [0.4, 0.5) is 0 Å². The standard InChI is InChI=1S/C14H17NO4S/c1-9(16)15-12(14(17)18)8-20-7-10-6-19-13-5-3-2-4-11(10)13/h2-5,10,12H,6-8H2,1H3,(H,15,16)(H,17,18). The van der Waals surface area contributed by atoms with Crippen molar-refractivity contribution in [3.8, 4) is 5.75 Å². The van der Waals surface area contributed by atoms with Crippen LogP contribution < -0.4 is 10.1 Å². The van der Waals surface area contributed by atoms with Crippen molar-refractivity contribution in [2.75, 3.05) is 18.1 Å². The van der Waals surface area contributed by atoms with E-state index in [9.17, 15) is 9.59 Å². The third-order valence-electron chi connectivity index (χ3n) is 3.08. The van der Waals surface area contributed by atoms with Crippen molar-refractivity contribution >= 4 is 23.6 Å². The summed E-state index contributed by atoms with van der Waals surface area (Å²) in [6, 6.07) is 7.05. The van der Waals surface area contributed by atoms with E-state index in [0.29, 0.717) is 12.4 Å². The van der Waals surface area contributed by atoms with E-state index in [1.165, 1.54) is 24.2 Å². The molecule has 2 atom stereocenters. The number of para-hydroxylation sites is 1. The molecule has 1 aromatic carbocycles. The lowest BCUT2D eigenvalue weighted by atomic mass is 10.0. The maximum Gasteiger partial charge on any atom is 0.327 e. The number of hydrogen-bond donors (Lipinski definition) is 2. The molecular weight excluding hydrogens is 278 g/mol. The second-order valence-corrected chi connectivity index (χ2v) is 5.75. The number of rotatable bonds is 6. The summed E-state index contributed by atoms with van der Waals surface area (Å²) in [6.45, 7) is 1.95. The summed E-state index contributed by atoms with van der Waals surface area (Å²) in [4.78, 5) is 21.9. The van der Waals surface area contributed by atoms with Crippen LogP contribution in [0.15, 0.2) is 24.3 Å². The number of carboxylic acid groups (broad SMARTS) is 1. The summed E-state index contributed by atoms with van der Waals surface area (Å²) < 4.78 is 5.58. The Kier molecular flexibility index (Phi) is 4.89. The Morgan fingerprint density at radius 3 is 2.95 bits per heavy atom. The zero-order chi connectivity index (χ0) is 14.5. The normalized spacial score (nSPS) is 17.9. The molecule has 1 aliphatic rings. The summed E-state index contributed by atoms with van der Waals surface area (Å²) in [6.07, 6.45) is 0. The van der Waals surface area contributed by atoms with Crippen LogP contribution in [0.2, 0.25) is 0 Å². The Labute approximate surface area is 121 Å². The molecule has 2 N–H and O–H groups in total. The van der Waals surface area contributed by atoms with Gasteiger partial charge in [-0.1, -0.05) is 18.2 Å². The van der Waals surface area contributed by atoms with Crippen LogP contribution in [0.5, 0.6) is 5.75 Å². The van der Waals surface area contributed by atoms with Crippen molar-refractivity contribution in [2.24, 2.45) is 0 Å². The first-order valence-corrected chi connectivity index (χ1v) is 7.52. The number of nitrogens with one attached hydrogen (secondary N) is 1. The van der Waals surface area contributed by atoms with Crippen LogP contribution in [0, 0.1) is 0 Å². The van der Waals surface area contributed by atoms with E-state index in [0.717, 1.165) is 11.5 Å². The lowest BCUT2D eigenvalue weighted by Crippen LogP contribution is -2.41. The molecular formula is C14H17NO4S. The number of ether oxygens (including phenoxy) is 1. The molecule has 5 nitrogen and oxygen atoms in total. The first kappa shape index (κ1) is 14.7. The number of amides is 1. The summed E-state index contributed by atoms with van der Waals surface area (Å²) in [5.74, 6) is 0.995. The minimum Gasteiger partial charge on any atom is -0.493 e. The third-order valence-corrected chi connectivity index (χ3v) is 4.29. The van der Waals surface area contributed by atoms with Crippen LogP contribution in [0.3, 0.4) is 0 Å².